The van der Waals surface area contributed by atoms with Crippen LogP contribution >= 0.6 is 23.4 Å². The summed E-state index contributed by atoms with van der Waals surface area (Å²) >= 11 is 7.45. The van der Waals surface area contributed by atoms with Gasteiger partial charge in [-0.3, -0.25) is 4.68 Å². The van der Waals surface area contributed by atoms with E-state index >= 15 is 0 Å². The number of oxazole rings is 1. The van der Waals surface area contributed by atoms with Gasteiger partial charge in [0.2, 0.25) is 5.89 Å². The Morgan fingerprint density at radius 2 is 1.96 bits per heavy atom. The van der Waals surface area contributed by atoms with Crippen molar-refractivity contribution in [3.05, 3.63) is 53.9 Å². The third-order valence-electron chi connectivity index (χ3n) is 3.51. The molecule has 0 unspecified atom stereocenters. The molecule has 0 aliphatic heterocycles. The number of hydrogen-bond acceptors (Lipinski definition) is 6. The Morgan fingerprint density at radius 3 is 2.79 bits per heavy atom. The molecule has 4 rings (SSSR count). The maximum atomic E-state index is 5.90. The minimum absolute atomic E-state index is 0.578. The fourth-order valence-corrected chi connectivity index (χ4v) is 3.25. The second-order valence-electron chi connectivity index (χ2n) is 5.10. The molecule has 0 aliphatic carbocycles. The van der Waals surface area contributed by atoms with Crippen molar-refractivity contribution in [1.82, 2.24) is 24.7 Å². The summed E-state index contributed by atoms with van der Waals surface area (Å²) < 4.78 is 7.54. The molecule has 0 saturated carbocycles. The minimum Gasteiger partial charge on any atom is -0.440 e. The number of fused-ring (bicyclic) bond motifs is 1. The zero-order valence-corrected chi connectivity index (χ0v) is 14.3. The van der Waals surface area contributed by atoms with Crippen LogP contribution in [0.3, 0.4) is 0 Å². The van der Waals surface area contributed by atoms with E-state index in [-0.39, 0.29) is 0 Å². The highest BCUT2D eigenvalue weighted by molar-refractivity contribution is 7.98. The van der Waals surface area contributed by atoms with E-state index in [0.29, 0.717) is 16.7 Å². The zero-order chi connectivity index (χ0) is 16.5. The van der Waals surface area contributed by atoms with Crippen LogP contribution in [0.5, 0.6) is 0 Å². The lowest BCUT2D eigenvalue weighted by atomic mass is 10.2. The van der Waals surface area contributed by atoms with Crippen LogP contribution < -0.4 is 0 Å². The van der Waals surface area contributed by atoms with Crippen molar-refractivity contribution in [3.63, 3.8) is 0 Å². The van der Waals surface area contributed by atoms with Crippen LogP contribution in [-0.2, 0) is 12.8 Å². The van der Waals surface area contributed by atoms with Gasteiger partial charge in [-0.25, -0.2) is 15.0 Å². The predicted octanol–water partition coefficient (Wildman–Crippen LogP) is 3.96. The lowest BCUT2D eigenvalue weighted by Crippen LogP contribution is -1.93. The molecule has 0 atom stereocenters. The van der Waals surface area contributed by atoms with E-state index in [1.54, 1.807) is 35.2 Å². The van der Waals surface area contributed by atoms with E-state index in [9.17, 15) is 0 Å². The molecule has 24 heavy (non-hydrogen) atoms. The number of nitrogens with zero attached hydrogens (tertiary/aromatic N) is 5. The van der Waals surface area contributed by atoms with E-state index in [0.717, 1.165) is 27.4 Å². The second kappa shape index (κ2) is 6.26. The molecule has 4 aromatic rings. The molecule has 6 nitrogen and oxygen atoms in total. The summed E-state index contributed by atoms with van der Waals surface area (Å²) in [6.07, 6.45) is 5.03. The van der Waals surface area contributed by atoms with Crippen LogP contribution in [0.4, 0.5) is 0 Å². The summed E-state index contributed by atoms with van der Waals surface area (Å²) in [5.41, 5.74) is 1.75. The number of aryl methyl sites for hydroxylation is 1. The lowest BCUT2D eigenvalue weighted by Gasteiger charge is -2.00. The Labute approximate surface area is 146 Å². The van der Waals surface area contributed by atoms with E-state index < -0.39 is 0 Å². The third-order valence-corrected chi connectivity index (χ3v) is 4.75. The van der Waals surface area contributed by atoms with E-state index in [1.165, 1.54) is 0 Å². The standard InChI is InChI=1S/C16H12ClN5OS/c1-22-15-12(6-21-22)16(20-9-19-15)24-8-14-18-7-13(23-14)10-2-4-11(17)5-3-10/h2-7,9H,8H2,1H3. The number of aromatic nitrogens is 5. The first-order valence-corrected chi connectivity index (χ1v) is 8.53. The van der Waals surface area contributed by atoms with Crippen molar-refractivity contribution in [2.45, 2.75) is 10.8 Å². The molecule has 1 aromatic carbocycles. The van der Waals surface area contributed by atoms with Gasteiger partial charge in [0, 0.05) is 17.6 Å². The van der Waals surface area contributed by atoms with Gasteiger partial charge in [-0.1, -0.05) is 23.4 Å². The fourth-order valence-electron chi connectivity index (χ4n) is 2.31. The van der Waals surface area contributed by atoms with Crippen LogP contribution in [0, 0.1) is 0 Å². The predicted molar refractivity (Wildman–Crippen MR) is 92.8 cm³/mol. The van der Waals surface area contributed by atoms with Crippen LogP contribution in [-0.4, -0.2) is 24.7 Å². The Kier molecular flexibility index (Phi) is 3.95. The van der Waals surface area contributed by atoms with Gasteiger partial charge < -0.3 is 4.42 Å². The molecular formula is C16H12ClN5OS. The Morgan fingerprint density at radius 1 is 1.12 bits per heavy atom. The molecule has 0 amide bonds. The van der Waals surface area contributed by atoms with Gasteiger partial charge >= 0.3 is 0 Å². The molecule has 3 aromatic heterocycles. The van der Waals surface area contributed by atoms with Gasteiger partial charge in [-0.2, -0.15) is 5.10 Å². The highest BCUT2D eigenvalue weighted by atomic mass is 35.5. The van der Waals surface area contributed by atoms with Crippen molar-refractivity contribution in [2.24, 2.45) is 7.05 Å². The lowest BCUT2D eigenvalue weighted by molar-refractivity contribution is 0.530. The Bertz CT molecular complexity index is 995. The second-order valence-corrected chi connectivity index (χ2v) is 6.50. The molecule has 8 heteroatoms. The number of rotatable bonds is 4. The summed E-state index contributed by atoms with van der Waals surface area (Å²) in [6.45, 7) is 0. The van der Waals surface area contributed by atoms with Gasteiger partial charge in [0.05, 0.1) is 23.5 Å². The third kappa shape index (κ3) is 2.88. The van der Waals surface area contributed by atoms with Crippen LogP contribution in [0.2, 0.25) is 5.02 Å². The van der Waals surface area contributed by atoms with Crippen LogP contribution in [0.15, 0.2) is 52.4 Å². The van der Waals surface area contributed by atoms with E-state index in [2.05, 4.69) is 20.1 Å². The fraction of sp³-hybridized carbons (Fsp3) is 0.125. The summed E-state index contributed by atoms with van der Waals surface area (Å²) in [5.74, 6) is 1.94. The van der Waals surface area contributed by atoms with Gasteiger partial charge in [0.1, 0.15) is 11.4 Å². The highest BCUT2D eigenvalue weighted by Crippen LogP contribution is 2.28. The summed E-state index contributed by atoms with van der Waals surface area (Å²) in [5, 5.41) is 6.69. The van der Waals surface area contributed by atoms with E-state index in [1.807, 2.05) is 31.3 Å². The molecule has 0 aliphatic rings. The molecule has 3 heterocycles. The molecule has 0 saturated heterocycles. The van der Waals surface area contributed by atoms with Gasteiger partial charge in [0.25, 0.3) is 0 Å². The largest absolute Gasteiger partial charge is 0.440 e. The molecular weight excluding hydrogens is 346 g/mol. The SMILES string of the molecule is Cn1ncc2c(SCc3ncc(-c4ccc(Cl)cc4)o3)ncnc21. The topological polar surface area (TPSA) is 69.6 Å². The highest BCUT2D eigenvalue weighted by Gasteiger charge is 2.11. The summed E-state index contributed by atoms with van der Waals surface area (Å²) in [6, 6.07) is 7.47. The molecule has 0 fully saturated rings. The molecule has 120 valence electrons. The Balaban J connectivity index is 1.53. The zero-order valence-electron chi connectivity index (χ0n) is 12.7. The van der Waals surface area contributed by atoms with Gasteiger partial charge in [-0.15, -0.1) is 0 Å². The van der Waals surface area contributed by atoms with Gasteiger partial charge in [-0.05, 0) is 24.3 Å². The van der Waals surface area contributed by atoms with Gasteiger partial charge in [0.15, 0.2) is 11.4 Å². The molecule has 0 radical (unpaired) electrons. The van der Waals surface area contributed by atoms with Crippen molar-refractivity contribution in [1.29, 1.82) is 0 Å². The Hall–Kier alpha value is -2.38. The first kappa shape index (κ1) is 15.2. The smallest absolute Gasteiger partial charge is 0.205 e. The average Bonchev–Trinajstić information content (AvgIpc) is 3.21. The average molecular weight is 358 g/mol. The molecule has 0 N–H and O–H groups in total. The molecule has 0 spiro atoms. The maximum Gasteiger partial charge on any atom is 0.205 e. The van der Waals surface area contributed by atoms with Crippen molar-refractivity contribution >= 4 is 34.4 Å². The summed E-state index contributed by atoms with van der Waals surface area (Å²) in [4.78, 5) is 12.9. The first-order valence-electron chi connectivity index (χ1n) is 7.17. The number of benzene rings is 1. The molecule has 0 bridgehead atoms. The van der Waals surface area contributed by atoms with Crippen LogP contribution in [0.25, 0.3) is 22.4 Å². The normalized spacial score (nSPS) is 11.2. The monoisotopic (exact) mass is 357 g/mol. The maximum absolute atomic E-state index is 5.90. The van der Waals surface area contributed by atoms with Crippen LogP contribution in [0.1, 0.15) is 5.89 Å². The van der Waals surface area contributed by atoms with E-state index in [4.69, 9.17) is 16.0 Å². The summed E-state index contributed by atoms with van der Waals surface area (Å²) in [7, 11) is 1.86. The first-order chi connectivity index (χ1) is 11.7. The van der Waals surface area contributed by atoms with Crippen molar-refractivity contribution in [2.75, 3.05) is 0 Å². The number of hydrogen-bond donors (Lipinski definition) is 0. The minimum atomic E-state index is 0.578. The van der Waals surface area contributed by atoms with Crippen molar-refractivity contribution < 1.29 is 4.42 Å². The van der Waals surface area contributed by atoms with Crippen molar-refractivity contribution in [3.8, 4) is 11.3 Å². The number of thioether (sulfide) groups is 1. The number of halogens is 1. The quantitative estimate of drug-likeness (QED) is 0.406.